The van der Waals surface area contributed by atoms with Crippen LogP contribution in [0.15, 0.2) is 34.3 Å². The molecule has 0 fully saturated rings. The van der Waals surface area contributed by atoms with Gasteiger partial charge in [-0.3, -0.25) is 9.78 Å². The molecule has 0 spiro atoms. The zero-order valence-electron chi connectivity index (χ0n) is 9.11. The maximum Gasteiger partial charge on any atom is 0.251 e. The molecule has 4 nitrogen and oxygen atoms in total. The van der Waals surface area contributed by atoms with Gasteiger partial charge in [-0.25, -0.2) is 4.98 Å². The van der Waals surface area contributed by atoms with E-state index >= 15 is 0 Å². The van der Waals surface area contributed by atoms with Gasteiger partial charge in [-0.05, 0) is 19.1 Å². The van der Waals surface area contributed by atoms with Crippen LogP contribution in [-0.4, -0.2) is 15.0 Å². The van der Waals surface area contributed by atoms with Crippen LogP contribution in [0.5, 0.6) is 0 Å². The lowest BCUT2D eigenvalue weighted by molar-refractivity contribution is 0.904. The number of rotatable bonds is 3. The Balaban J connectivity index is 2.09. The van der Waals surface area contributed by atoms with Crippen LogP contribution in [-0.2, 0) is 5.75 Å². The van der Waals surface area contributed by atoms with Gasteiger partial charge in [0.15, 0.2) is 5.16 Å². The van der Waals surface area contributed by atoms with Gasteiger partial charge >= 0.3 is 0 Å². The Kier molecular flexibility index (Phi) is 3.81. The van der Waals surface area contributed by atoms with Crippen LogP contribution < -0.4 is 5.56 Å². The molecule has 0 radical (unpaired) electrons. The summed E-state index contributed by atoms with van der Waals surface area (Å²) >= 11 is 7.28. The summed E-state index contributed by atoms with van der Waals surface area (Å²) in [5.74, 6) is 0.618. The normalized spacial score (nSPS) is 10.5. The number of aromatic amines is 1. The van der Waals surface area contributed by atoms with Gasteiger partial charge in [0.2, 0.25) is 0 Å². The second-order valence-corrected chi connectivity index (χ2v) is 4.85. The van der Waals surface area contributed by atoms with Gasteiger partial charge in [-0.2, -0.15) is 0 Å². The van der Waals surface area contributed by atoms with Crippen molar-refractivity contribution in [3.05, 3.63) is 51.2 Å². The highest BCUT2D eigenvalue weighted by molar-refractivity contribution is 7.98. The standard InChI is InChI=1S/C11H10ClN3OS/c1-7-4-10(16)15-11(14-7)17-6-9-5-8(12)2-3-13-9/h2-5H,6H2,1H3,(H,14,15,16). The van der Waals surface area contributed by atoms with Crippen molar-refractivity contribution in [3.63, 3.8) is 0 Å². The molecular formula is C11H10ClN3OS. The van der Waals surface area contributed by atoms with Crippen molar-refractivity contribution in [1.29, 1.82) is 0 Å². The van der Waals surface area contributed by atoms with Crippen molar-refractivity contribution < 1.29 is 0 Å². The maximum atomic E-state index is 11.2. The van der Waals surface area contributed by atoms with E-state index in [1.165, 1.54) is 17.8 Å². The summed E-state index contributed by atoms with van der Waals surface area (Å²) in [6.07, 6.45) is 1.66. The first-order valence-corrected chi connectivity index (χ1v) is 6.31. The third-order valence-corrected chi connectivity index (χ3v) is 3.13. The van der Waals surface area contributed by atoms with Crippen molar-refractivity contribution >= 4 is 23.4 Å². The van der Waals surface area contributed by atoms with Crippen LogP contribution in [0.2, 0.25) is 5.02 Å². The van der Waals surface area contributed by atoms with E-state index < -0.39 is 0 Å². The van der Waals surface area contributed by atoms with E-state index in [9.17, 15) is 4.79 Å². The molecule has 0 saturated carbocycles. The summed E-state index contributed by atoms with van der Waals surface area (Å²) in [6, 6.07) is 4.98. The van der Waals surface area contributed by atoms with Gasteiger partial charge in [0.25, 0.3) is 5.56 Å². The summed E-state index contributed by atoms with van der Waals surface area (Å²) < 4.78 is 0. The Bertz CT molecular complexity index is 585. The number of nitrogens with zero attached hydrogens (tertiary/aromatic N) is 2. The van der Waals surface area contributed by atoms with Crippen molar-refractivity contribution in [2.24, 2.45) is 0 Å². The molecule has 0 aromatic carbocycles. The number of hydrogen-bond acceptors (Lipinski definition) is 4. The summed E-state index contributed by atoms with van der Waals surface area (Å²) in [6.45, 7) is 1.79. The lowest BCUT2D eigenvalue weighted by Crippen LogP contribution is -2.08. The average Bonchev–Trinajstić information content (AvgIpc) is 2.25. The molecule has 88 valence electrons. The Morgan fingerprint density at radius 1 is 1.47 bits per heavy atom. The fourth-order valence-corrected chi connectivity index (χ4v) is 2.30. The Hall–Kier alpha value is -1.33. The third-order valence-electron chi connectivity index (χ3n) is 1.98. The lowest BCUT2D eigenvalue weighted by atomic mass is 10.4. The van der Waals surface area contributed by atoms with Gasteiger partial charge in [0.05, 0.1) is 5.69 Å². The van der Waals surface area contributed by atoms with E-state index in [-0.39, 0.29) is 5.56 Å². The highest BCUT2D eigenvalue weighted by Crippen LogP contribution is 2.18. The van der Waals surface area contributed by atoms with E-state index in [1.54, 1.807) is 25.3 Å². The molecule has 2 aromatic heterocycles. The Labute approximate surface area is 107 Å². The number of halogens is 1. The van der Waals surface area contributed by atoms with E-state index in [0.29, 0.717) is 21.6 Å². The zero-order chi connectivity index (χ0) is 12.3. The first-order valence-electron chi connectivity index (χ1n) is 4.95. The number of aromatic nitrogens is 3. The fraction of sp³-hybridized carbons (Fsp3) is 0.182. The molecule has 1 N–H and O–H groups in total. The predicted molar refractivity (Wildman–Crippen MR) is 68.4 cm³/mol. The molecule has 0 unspecified atom stereocenters. The summed E-state index contributed by atoms with van der Waals surface area (Å²) in [4.78, 5) is 22.3. The molecule has 0 aliphatic heterocycles. The largest absolute Gasteiger partial charge is 0.301 e. The van der Waals surface area contributed by atoms with Crippen molar-refractivity contribution in [2.45, 2.75) is 17.8 Å². The molecule has 2 heterocycles. The first kappa shape index (κ1) is 12.1. The summed E-state index contributed by atoms with van der Waals surface area (Å²) in [5, 5.41) is 1.25. The number of H-pyrrole nitrogens is 1. The fourth-order valence-electron chi connectivity index (χ4n) is 1.29. The van der Waals surface area contributed by atoms with Crippen LogP contribution in [0.4, 0.5) is 0 Å². The summed E-state index contributed by atoms with van der Waals surface area (Å²) in [5.41, 5.74) is 1.42. The van der Waals surface area contributed by atoms with E-state index in [1.807, 2.05) is 0 Å². The molecule has 2 rings (SSSR count). The molecule has 17 heavy (non-hydrogen) atoms. The monoisotopic (exact) mass is 267 g/mol. The molecule has 0 saturated heterocycles. The molecule has 6 heteroatoms. The number of aryl methyl sites for hydroxylation is 1. The number of nitrogens with one attached hydrogen (secondary N) is 1. The zero-order valence-corrected chi connectivity index (χ0v) is 10.7. The molecule has 0 amide bonds. The summed E-state index contributed by atoms with van der Waals surface area (Å²) in [7, 11) is 0. The molecule has 0 aliphatic rings. The third kappa shape index (κ3) is 3.57. The average molecular weight is 268 g/mol. The van der Waals surface area contributed by atoms with Gasteiger partial charge in [0, 0.05) is 28.7 Å². The van der Waals surface area contributed by atoms with Crippen LogP contribution in [0.25, 0.3) is 0 Å². The number of thioether (sulfide) groups is 1. The molecular weight excluding hydrogens is 258 g/mol. The highest BCUT2D eigenvalue weighted by atomic mass is 35.5. The minimum Gasteiger partial charge on any atom is -0.301 e. The smallest absolute Gasteiger partial charge is 0.251 e. The molecule has 0 aliphatic carbocycles. The van der Waals surface area contributed by atoms with Crippen LogP contribution in [0, 0.1) is 6.92 Å². The lowest BCUT2D eigenvalue weighted by Gasteiger charge is -2.01. The van der Waals surface area contributed by atoms with E-state index in [2.05, 4.69) is 15.0 Å². The number of pyridine rings is 1. The topological polar surface area (TPSA) is 58.6 Å². The van der Waals surface area contributed by atoms with Gasteiger partial charge in [-0.1, -0.05) is 23.4 Å². The van der Waals surface area contributed by atoms with Gasteiger partial charge in [-0.15, -0.1) is 0 Å². The van der Waals surface area contributed by atoms with Gasteiger partial charge in [0.1, 0.15) is 0 Å². The quantitative estimate of drug-likeness (QED) is 0.685. The molecule has 0 bridgehead atoms. The van der Waals surface area contributed by atoms with E-state index in [0.717, 1.165) is 5.69 Å². The first-order chi connectivity index (χ1) is 8.13. The van der Waals surface area contributed by atoms with Crippen LogP contribution in [0.1, 0.15) is 11.4 Å². The van der Waals surface area contributed by atoms with Crippen LogP contribution in [0.3, 0.4) is 0 Å². The second kappa shape index (κ2) is 5.33. The molecule has 2 aromatic rings. The molecule has 0 atom stereocenters. The van der Waals surface area contributed by atoms with Crippen molar-refractivity contribution in [1.82, 2.24) is 15.0 Å². The van der Waals surface area contributed by atoms with Crippen LogP contribution >= 0.6 is 23.4 Å². The Morgan fingerprint density at radius 2 is 2.29 bits per heavy atom. The predicted octanol–water partition coefficient (Wildman–Crippen LogP) is 2.42. The number of hydrogen-bond donors (Lipinski definition) is 1. The minimum absolute atomic E-state index is 0.140. The maximum absolute atomic E-state index is 11.2. The highest BCUT2D eigenvalue weighted by Gasteiger charge is 2.01. The van der Waals surface area contributed by atoms with Gasteiger partial charge < -0.3 is 4.98 Å². The van der Waals surface area contributed by atoms with Crippen molar-refractivity contribution in [3.8, 4) is 0 Å². The van der Waals surface area contributed by atoms with Crippen molar-refractivity contribution in [2.75, 3.05) is 0 Å². The minimum atomic E-state index is -0.140. The van der Waals surface area contributed by atoms with E-state index in [4.69, 9.17) is 11.6 Å². The SMILES string of the molecule is Cc1cc(=O)[nH]c(SCc2cc(Cl)ccn2)n1. The second-order valence-electron chi connectivity index (χ2n) is 3.45. The Morgan fingerprint density at radius 3 is 3.00 bits per heavy atom.